The molecule has 0 fully saturated rings. The van der Waals surface area contributed by atoms with E-state index >= 15 is 0 Å². The number of hydrogen-bond acceptors (Lipinski definition) is 0. The molecule has 0 heterocycles. The van der Waals surface area contributed by atoms with Gasteiger partial charge in [0.15, 0.2) is 6.13 Å². The van der Waals surface area contributed by atoms with E-state index in [2.05, 4.69) is 46.4 Å². The zero-order valence-electron chi connectivity index (χ0n) is 4.73. The van der Waals surface area contributed by atoms with E-state index in [0.717, 1.165) is 0 Å². The fourth-order valence-electron chi connectivity index (χ4n) is 0. The van der Waals surface area contributed by atoms with Crippen molar-refractivity contribution in [2.45, 2.75) is 9.97 Å². The minimum absolute atomic E-state index is 0.778. The molecule has 11 heavy (non-hydrogen) atoms. The molecule has 0 nitrogen and oxygen atoms in total. The van der Waals surface area contributed by atoms with Crippen LogP contribution in [-0.2, 0) is 0 Å². The van der Waals surface area contributed by atoms with Gasteiger partial charge in [0.05, 0.1) is 0 Å². The van der Waals surface area contributed by atoms with Crippen LogP contribution in [0, 0.1) is 0 Å². The normalized spacial score (nSPS) is 12.0. The van der Waals surface area contributed by atoms with Gasteiger partial charge in [0.2, 0.25) is 0 Å². The van der Waals surface area contributed by atoms with Gasteiger partial charge in [-0.2, -0.15) is 13.2 Å². The Morgan fingerprint density at radius 3 is 1.09 bits per heavy atom. The van der Waals surface area contributed by atoms with Crippen LogP contribution in [-0.4, -0.2) is 16.1 Å². The molecule has 0 bridgehead atoms. The summed E-state index contributed by atoms with van der Waals surface area (Å²) in [6.45, 7) is 0. The first-order valence-corrected chi connectivity index (χ1v) is 3.59. The highest BCUT2D eigenvalue weighted by Crippen LogP contribution is 2.42. The molecule has 0 aliphatic rings. The highest BCUT2D eigenvalue weighted by molar-refractivity contribution is 6.68. The number of hydrogen-bond donors (Lipinski definition) is 0. The number of rotatable bonds is 0. The van der Waals surface area contributed by atoms with Gasteiger partial charge in [-0.05, 0) is 0 Å². The SMILES string of the molecule is FC(F)(F)C(Cl)(Cl)Cl.FCCl. The molecule has 0 spiro atoms. The molecule has 8 heteroatoms. The van der Waals surface area contributed by atoms with Crippen molar-refractivity contribution in [1.29, 1.82) is 0 Å². The van der Waals surface area contributed by atoms with Crippen LogP contribution in [0.4, 0.5) is 17.6 Å². The maximum absolute atomic E-state index is 11.2. The van der Waals surface area contributed by atoms with Crippen molar-refractivity contribution in [1.82, 2.24) is 0 Å². The Morgan fingerprint density at radius 1 is 1.00 bits per heavy atom. The van der Waals surface area contributed by atoms with E-state index in [4.69, 9.17) is 0 Å². The van der Waals surface area contributed by atoms with Crippen molar-refractivity contribution in [2.24, 2.45) is 0 Å². The van der Waals surface area contributed by atoms with Gasteiger partial charge in [-0.25, -0.2) is 4.39 Å². The second kappa shape index (κ2) is 5.51. The predicted molar refractivity (Wildman–Crippen MR) is 38.2 cm³/mol. The summed E-state index contributed by atoms with van der Waals surface area (Å²) in [7, 11) is 0. The summed E-state index contributed by atoms with van der Waals surface area (Å²) in [6, 6.07) is 0. The molecule has 0 aromatic heterocycles. The van der Waals surface area contributed by atoms with Crippen LogP contribution in [0.25, 0.3) is 0 Å². The van der Waals surface area contributed by atoms with Gasteiger partial charge >= 0.3 is 6.18 Å². The van der Waals surface area contributed by atoms with E-state index in [1.165, 1.54) is 0 Å². The molecule has 0 saturated heterocycles. The lowest BCUT2D eigenvalue weighted by atomic mass is 10.8. The van der Waals surface area contributed by atoms with Crippen molar-refractivity contribution in [3.05, 3.63) is 0 Å². The number of alkyl halides is 8. The fourth-order valence-corrected chi connectivity index (χ4v) is 0. The van der Waals surface area contributed by atoms with Gasteiger partial charge in [0, 0.05) is 0 Å². The lowest BCUT2D eigenvalue weighted by Gasteiger charge is -2.13. The molecule has 0 unspecified atom stereocenters. The Bertz CT molecular complexity index is 82.5. The molecular formula is C3H2Cl4F4. The topological polar surface area (TPSA) is 0 Å². The van der Waals surface area contributed by atoms with Crippen molar-refractivity contribution >= 4 is 46.4 Å². The van der Waals surface area contributed by atoms with Crippen LogP contribution in [0.2, 0.25) is 0 Å². The molecule has 70 valence electrons. The molecule has 0 saturated carbocycles. The van der Waals surface area contributed by atoms with Crippen LogP contribution in [0.5, 0.6) is 0 Å². The van der Waals surface area contributed by atoms with E-state index in [1.54, 1.807) is 0 Å². The summed E-state index contributed by atoms with van der Waals surface area (Å²) in [4.78, 5) is 0. The molecule has 0 radical (unpaired) electrons. The molecule has 0 aromatic rings. The van der Waals surface area contributed by atoms with Gasteiger partial charge in [-0.3, -0.25) is 0 Å². The minimum Gasteiger partial charge on any atom is -0.234 e. The molecule has 0 rings (SSSR count). The Labute approximate surface area is 80.4 Å². The monoisotopic (exact) mass is 254 g/mol. The van der Waals surface area contributed by atoms with Crippen LogP contribution >= 0.6 is 46.4 Å². The van der Waals surface area contributed by atoms with Gasteiger partial charge in [0.1, 0.15) is 0 Å². The minimum atomic E-state index is -4.77. The van der Waals surface area contributed by atoms with E-state index in [-0.39, 0.29) is 0 Å². The van der Waals surface area contributed by atoms with Crippen molar-refractivity contribution in [2.75, 3.05) is 6.13 Å². The first-order chi connectivity index (χ1) is 4.66. The van der Waals surface area contributed by atoms with E-state index < -0.39 is 16.1 Å². The maximum Gasteiger partial charge on any atom is 0.435 e. The summed E-state index contributed by atoms with van der Waals surface area (Å²) in [5.41, 5.74) is 0. The van der Waals surface area contributed by atoms with Crippen LogP contribution < -0.4 is 0 Å². The molecule has 0 atom stereocenters. The van der Waals surface area contributed by atoms with E-state index in [9.17, 15) is 17.6 Å². The average molecular weight is 256 g/mol. The van der Waals surface area contributed by atoms with Crippen molar-refractivity contribution < 1.29 is 17.6 Å². The third-order valence-corrected chi connectivity index (χ3v) is 0.964. The first kappa shape index (κ1) is 14.4. The third-order valence-electron chi connectivity index (χ3n) is 0.321. The summed E-state index contributed by atoms with van der Waals surface area (Å²) < 4.78 is 40.4. The predicted octanol–water partition coefficient (Wildman–Crippen LogP) is 4.07. The van der Waals surface area contributed by atoms with Gasteiger partial charge in [-0.1, -0.05) is 46.4 Å². The summed E-state index contributed by atoms with van der Waals surface area (Å²) in [6.07, 6.45) is -5.54. The zero-order valence-corrected chi connectivity index (χ0v) is 7.75. The lowest BCUT2D eigenvalue weighted by molar-refractivity contribution is -0.124. The molecular weight excluding hydrogens is 254 g/mol. The molecule has 0 aliphatic carbocycles. The Kier molecular flexibility index (Phi) is 7.22. The van der Waals surface area contributed by atoms with E-state index in [0.29, 0.717) is 0 Å². The fraction of sp³-hybridized carbons (Fsp3) is 1.00. The summed E-state index contributed by atoms with van der Waals surface area (Å²) in [5.74, 6) is 0. The van der Waals surface area contributed by atoms with E-state index in [1.807, 2.05) is 0 Å². The highest BCUT2D eigenvalue weighted by Gasteiger charge is 2.51. The standard InChI is InChI=1S/C2Cl3F3.CH2ClF/c3-1(4,5)2(6,7)8;2-1-3/h;1H2. The first-order valence-electron chi connectivity index (χ1n) is 1.92. The lowest BCUT2D eigenvalue weighted by Crippen LogP contribution is -2.27. The maximum atomic E-state index is 11.2. The van der Waals surface area contributed by atoms with Crippen molar-refractivity contribution in [3.63, 3.8) is 0 Å². The Hall–Kier alpha value is 0.880. The quantitative estimate of drug-likeness (QED) is 0.452. The van der Waals surface area contributed by atoms with Gasteiger partial charge < -0.3 is 0 Å². The number of halogens is 8. The zero-order chi connectivity index (χ0) is 9.71. The Balaban J connectivity index is 0. The summed E-state index contributed by atoms with van der Waals surface area (Å²) in [5, 5.41) is 0. The van der Waals surface area contributed by atoms with Crippen molar-refractivity contribution in [3.8, 4) is 0 Å². The molecule has 0 N–H and O–H groups in total. The van der Waals surface area contributed by atoms with Gasteiger partial charge in [0.25, 0.3) is 3.79 Å². The van der Waals surface area contributed by atoms with Gasteiger partial charge in [-0.15, -0.1) is 0 Å². The van der Waals surface area contributed by atoms with Crippen LogP contribution in [0.3, 0.4) is 0 Å². The molecule has 0 aromatic carbocycles. The largest absolute Gasteiger partial charge is 0.435 e. The molecule has 0 amide bonds. The summed E-state index contributed by atoms with van der Waals surface area (Å²) >= 11 is 17.6. The van der Waals surface area contributed by atoms with Crippen LogP contribution in [0.15, 0.2) is 0 Å². The highest BCUT2D eigenvalue weighted by atomic mass is 35.6. The Morgan fingerprint density at radius 2 is 1.09 bits per heavy atom. The second-order valence-electron chi connectivity index (χ2n) is 1.10. The average Bonchev–Trinajstić information content (AvgIpc) is 1.60. The third kappa shape index (κ3) is 8.79. The molecule has 0 aliphatic heterocycles. The van der Waals surface area contributed by atoms with Crippen LogP contribution in [0.1, 0.15) is 0 Å². The smallest absolute Gasteiger partial charge is 0.234 e. The second-order valence-corrected chi connectivity index (χ2v) is 3.58.